The number of esters is 2. The SMILES string of the molecule is CCOC(=O)CCP(=O)(O)CCCC(=O)OCNC(=O)OCc1ccccc1. The smallest absolute Gasteiger partial charge is 0.410 e. The number of carbonyl (C=O) groups is 3. The number of hydrogen-bond donors (Lipinski definition) is 2. The third-order valence-electron chi connectivity index (χ3n) is 3.52. The Morgan fingerprint density at radius 2 is 1.68 bits per heavy atom. The van der Waals surface area contributed by atoms with Crippen molar-refractivity contribution in [2.24, 2.45) is 0 Å². The molecule has 0 saturated heterocycles. The molecule has 10 heteroatoms. The molecule has 28 heavy (non-hydrogen) atoms. The van der Waals surface area contributed by atoms with E-state index in [2.05, 4.69) is 5.32 Å². The lowest BCUT2D eigenvalue weighted by atomic mass is 10.2. The predicted molar refractivity (Wildman–Crippen MR) is 101 cm³/mol. The van der Waals surface area contributed by atoms with Gasteiger partial charge in [-0.1, -0.05) is 30.3 Å². The molecule has 0 aliphatic rings. The summed E-state index contributed by atoms with van der Waals surface area (Å²) in [6.07, 6.45) is -1.10. The summed E-state index contributed by atoms with van der Waals surface area (Å²) < 4.78 is 26.4. The second-order valence-corrected chi connectivity index (χ2v) is 8.44. The maximum Gasteiger partial charge on any atom is 0.410 e. The van der Waals surface area contributed by atoms with Gasteiger partial charge in [-0.2, -0.15) is 0 Å². The molecule has 1 amide bonds. The predicted octanol–water partition coefficient (Wildman–Crippen LogP) is 2.42. The first-order valence-corrected chi connectivity index (χ1v) is 10.9. The van der Waals surface area contributed by atoms with Crippen LogP contribution in [0.15, 0.2) is 30.3 Å². The zero-order valence-electron chi connectivity index (χ0n) is 15.8. The molecule has 1 rings (SSSR count). The van der Waals surface area contributed by atoms with Gasteiger partial charge >= 0.3 is 18.0 Å². The quantitative estimate of drug-likeness (QED) is 0.231. The fourth-order valence-electron chi connectivity index (χ4n) is 2.10. The van der Waals surface area contributed by atoms with Gasteiger partial charge in [0.25, 0.3) is 0 Å². The molecule has 0 heterocycles. The first kappa shape index (κ1) is 23.7. The summed E-state index contributed by atoms with van der Waals surface area (Å²) in [4.78, 5) is 44.0. The third-order valence-corrected chi connectivity index (χ3v) is 5.46. The van der Waals surface area contributed by atoms with Crippen LogP contribution in [0.4, 0.5) is 4.79 Å². The number of ether oxygens (including phenoxy) is 3. The first-order chi connectivity index (χ1) is 13.3. The summed E-state index contributed by atoms with van der Waals surface area (Å²) in [7, 11) is -3.50. The van der Waals surface area contributed by atoms with Gasteiger partial charge in [-0.3, -0.25) is 19.5 Å². The minimum Gasteiger partial charge on any atom is -0.466 e. The highest BCUT2D eigenvalue weighted by Crippen LogP contribution is 2.42. The van der Waals surface area contributed by atoms with Crippen molar-refractivity contribution in [3.63, 3.8) is 0 Å². The molecule has 0 spiro atoms. The van der Waals surface area contributed by atoms with Gasteiger partial charge in [0.05, 0.1) is 13.0 Å². The molecule has 9 nitrogen and oxygen atoms in total. The Balaban J connectivity index is 2.11. The summed E-state index contributed by atoms with van der Waals surface area (Å²) in [6, 6.07) is 9.10. The minimum absolute atomic E-state index is 0.0787. The van der Waals surface area contributed by atoms with E-state index in [1.165, 1.54) is 0 Å². The molecule has 156 valence electrons. The zero-order chi connectivity index (χ0) is 20.8. The first-order valence-electron chi connectivity index (χ1n) is 8.89. The molecule has 1 aromatic carbocycles. The highest BCUT2D eigenvalue weighted by Gasteiger charge is 2.20. The molecule has 0 bridgehead atoms. The minimum atomic E-state index is -3.50. The molecule has 1 unspecified atom stereocenters. The lowest BCUT2D eigenvalue weighted by molar-refractivity contribution is -0.144. The molecular weight excluding hydrogens is 389 g/mol. The van der Waals surface area contributed by atoms with Gasteiger partial charge in [-0.05, 0) is 18.9 Å². The van der Waals surface area contributed by atoms with Crippen molar-refractivity contribution >= 4 is 25.4 Å². The van der Waals surface area contributed by atoms with Crippen LogP contribution in [0.1, 0.15) is 31.7 Å². The maximum atomic E-state index is 11.9. The molecule has 2 N–H and O–H groups in total. The van der Waals surface area contributed by atoms with Crippen molar-refractivity contribution in [3.05, 3.63) is 35.9 Å². The third kappa shape index (κ3) is 11.4. The monoisotopic (exact) mass is 415 g/mol. The van der Waals surface area contributed by atoms with Crippen LogP contribution < -0.4 is 5.32 Å². The van der Waals surface area contributed by atoms with E-state index in [1.54, 1.807) is 19.1 Å². The Hall–Kier alpha value is -2.38. The van der Waals surface area contributed by atoms with E-state index < -0.39 is 25.4 Å². The van der Waals surface area contributed by atoms with E-state index in [-0.39, 0.29) is 51.5 Å². The van der Waals surface area contributed by atoms with Crippen molar-refractivity contribution < 1.29 is 38.1 Å². The molecule has 0 aromatic heterocycles. The van der Waals surface area contributed by atoms with E-state index in [4.69, 9.17) is 14.2 Å². The summed E-state index contributed by atoms with van der Waals surface area (Å²) in [5, 5.41) is 2.28. The summed E-state index contributed by atoms with van der Waals surface area (Å²) in [5.41, 5.74) is 0.825. The van der Waals surface area contributed by atoms with Gasteiger partial charge in [0.1, 0.15) is 6.61 Å². The molecule has 0 saturated carbocycles. The summed E-state index contributed by atoms with van der Waals surface area (Å²) in [6.45, 7) is 1.61. The van der Waals surface area contributed by atoms with Crippen molar-refractivity contribution in [2.45, 2.75) is 32.8 Å². The van der Waals surface area contributed by atoms with Crippen molar-refractivity contribution in [2.75, 3.05) is 25.7 Å². The standard InChI is InChI=1S/C18H26NO8P/c1-2-25-17(21)10-12-28(23,24)11-6-9-16(20)27-14-19-18(22)26-13-15-7-4-3-5-8-15/h3-5,7-8H,2,6,9-14H2,1H3,(H,19,22)(H,23,24). The number of nitrogens with one attached hydrogen (secondary N) is 1. The van der Waals surface area contributed by atoms with Crippen molar-refractivity contribution in [3.8, 4) is 0 Å². The fraction of sp³-hybridized carbons (Fsp3) is 0.500. The Morgan fingerprint density at radius 1 is 1.00 bits per heavy atom. The molecule has 1 atom stereocenters. The van der Waals surface area contributed by atoms with Gasteiger partial charge in [0.15, 0.2) is 6.73 Å². The lowest BCUT2D eigenvalue weighted by Crippen LogP contribution is -2.28. The average Bonchev–Trinajstić information content (AvgIpc) is 2.66. The number of amides is 1. The van der Waals surface area contributed by atoms with Crippen LogP contribution in [0.3, 0.4) is 0 Å². The van der Waals surface area contributed by atoms with E-state index in [1.807, 2.05) is 18.2 Å². The Morgan fingerprint density at radius 3 is 2.36 bits per heavy atom. The molecule has 0 fully saturated rings. The molecular formula is C18H26NO8P. The second kappa shape index (κ2) is 12.9. The molecule has 0 radical (unpaired) electrons. The molecule has 0 aliphatic heterocycles. The van der Waals surface area contributed by atoms with Gasteiger partial charge in [0.2, 0.25) is 7.37 Å². The summed E-state index contributed by atoms with van der Waals surface area (Å²) >= 11 is 0. The van der Waals surface area contributed by atoms with Crippen molar-refractivity contribution in [1.29, 1.82) is 0 Å². The van der Waals surface area contributed by atoms with Gasteiger partial charge < -0.3 is 19.1 Å². The maximum absolute atomic E-state index is 11.9. The molecule has 0 aliphatic carbocycles. The topological polar surface area (TPSA) is 128 Å². The van der Waals surface area contributed by atoms with E-state index in [0.717, 1.165) is 5.56 Å². The Labute approximate surface area is 163 Å². The van der Waals surface area contributed by atoms with Gasteiger partial charge in [-0.25, -0.2) is 4.79 Å². The van der Waals surface area contributed by atoms with Crippen LogP contribution in [0.5, 0.6) is 0 Å². The molecule has 1 aromatic rings. The largest absolute Gasteiger partial charge is 0.466 e. The Bertz CT molecular complexity index is 679. The van der Waals surface area contributed by atoms with Gasteiger partial charge in [-0.15, -0.1) is 0 Å². The van der Waals surface area contributed by atoms with Crippen molar-refractivity contribution in [1.82, 2.24) is 5.32 Å². The number of rotatable bonds is 12. The van der Waals surface area contributed by atoms with E-state index in [9.17, 15) is 23.8 Å². The number of benzene rings is 1. The zero-order valence-corrected chi connectivity index (χ0v) is 16.7. The van der Waals surface area contributed by atoms with E-state index in [0.29, 0.717) is 0 Å². The van der Waals surface area contributed by atoms with Crippen LogP contribution in [0, 0.1) is 0 Å². The number of carbonyl (C=O) groups excluding carboxylic acids is 3. The van der Waals surface area contributed by atoms with Crippen LogP contribution in [0.25, 0.3) is 0 Å². The summed E-state index contributed by atoms with van der Waals surface area (Å²) in [5.74, 6) is -1.14. The normalized spacial score (nSPS) is 12.5. The second-order valence-electron chi connectivity index (χ2n) is 5.85. The Kier molecular flexibility index (Phi) is 10.9. The van der Waals surface area contributed by atoms with Crippen LogP contribution >= 0.6 is 7.37 Å². The van der Waals surface area contributed by atoms with Crippen LogP contribution in [-0.4, -0.2) is 48.6 Å². The fourth-order valence-corrected chi connectivity index (χ4v) is 3.51. The average molecular weight is 415 g/mol. The van der Waals surface area contributed by atoms with Crippen LogP contribution in [0.2, 0.25) is 0 Å². The van der Waals surface area contributed by atoms with Gasteiger partial charge in [0, 0.05) is 18.7 Å². The lowest BCUT2D eigenvalue weighted by Gasteiger charge is -2.11. The highest BCUT2D eigenvalue weighted by atomic mass is 31.2. The number of alkyl carbamates (subject to hydrolysis) is 1. The van der Waals surface area contributed by atoms with Crippen LogP contribution in [-0.2, 0) is 35.0 Å². The highest BCUT2D eigenvalue weighted by molar-refractivity contribution is 7.58. The number of hydrogen-bond acceptors (Lipinski definition) is 7. The van der Waals surface area contributed by atoms with E-state index >= 15 is 0 Å².